The third-order valence-electron chi connectivity index (χ3n) is 5.23. The van der Waals surface area contributed by atoms with Gasteiger partial charge in [0.05, 0.1) is 5.69 Å². The number of rotatable bonds is 7. The topological polar surface area (TPSA) is 42.0 Å². The normalized spacial score (nSPS) is 13.1. The van der Waals surface area contributed by atoms with E-state index in [0.717, 1.165) is 29.9 Å². The summed E-state index contributed by atoms with van der Waals surface area (Å²) < 4.78 is 0. The monoisotopic (exact) mass is 422 g/mol. The number of hydrogen-bond donors (Lipinski definition) is 1. The molecule has 4 rings (SSSR count). The molecule has 1 aromatic heterocycles. The fourth-order valence-corrected chi connectivity index (χ4v) is 5.18. The zero-order valence-corrected chi connectivity index (χ0v) is 18.4. The standard InChI is InChI=1S/C24H26N2OS2/c1-17-8-12-21(13-9-17)28-14-4-7-23(27)26-24-25-22(16-29-24)20-11-10-18-5-2-3-6-19(18)15-20/h8-13,15-16H,2-7,14H2,1H3,(H,25,26,27). The van der Waals surface area contributed by atoms with Crippen LogP contribution in [0.15, 0.2) is 52.7 Å². The Labute approximate surface area is 181 Å². The second kappa shape index (κ2) is 9.59. The summed E-state index contributed by atoms with van der Waals surface area (Å²) in [6.07, 6.45) is 6.30. The van der Waals surface area contributed by atoms with Crippen molar-refractivity contribution in [3.8, 4) is 11.3 Å². The predicted octanol–water partition coefficient (Wildman–Crippen LogP) is 6.51. The number of anilines is 1. The average molecular weight is 423 g/mol. The van der Waals surface area contributed by atoms with Crippen LogP contribution >= 0.6 is 23.1 Å². The summed E-state index contributed by atoms with van der Waals surface area (Å²) in [6, 6.07) is 15.2. The summed E-state index contributed by atoms with van der Waals surface area (Å²) >= 11 is 3.30. The van der Waals surface area contributed by atoms with Gasteiger partial charge in [0.15, 0.2) is 5.13 Å². The fraction of sp³-hybridized carbons (Fsp3) is 0.333. The average Bonchev–Trinajstić information content (AvgIpc) is 3.20. The van der Waals surface area contributed by atoms with Crippen LogP contribution in [0.3, 0.4) is 0 Å². The number of thiazole rings is 1. The number of amides is 1. The fourth-order valence-electron chi connectivity index (χ4n) is 3.60. The molecule has 1 heterocycles. The van der Waals surface area contributed by atoms with Crippen molar-refractivity contribution in [3.05, 3.63) is 64.5 Å². The summed E-state index contributed by atoms with van der Waals surface area (Å²) in [4.78, 5) is 18.1. The highest BCUT2D eigenvalue weighted by molar-refractivity contribution is 7.99. The SMILES string of the molecule is Cc1ccc(SCCCC(=O)Nc2nc(-c3ccc4c(c3)CCCC4)cs2)cc1. The van der Waals surface area contributed by atoms with Gasteiger partial charge in [-0.05, 0) is 74.1 Å². The molecule has 1 aliphatic carbocycles. The van der Waals surface area contributed by atoms with E-state index >= 15 is 0 Å². The number of thioether (sulfide) groups is 1. The minimum Gasteiger partial charge on any atom is -0.302 e. The van der Waals surface area contributed by atoms with E-state index in [1.807, 2.05) is 5.38 Å². The van der Waals surface area contributed by atoms with Gasteiger partial charge in [-0.25, -0.2) is 4.98 Å². The lowest BCUT2D eigenvalue weighted by Gasteiger charge is -2.16. The van der Waals surface area contributed by atoms with E-state index in [-0.39, 0.29) is 5.91 Å². The van der Waals surface area contributed by atoms with Crippen molar-refractivity contribution in [2.75, 3.05) is 11.1 Å². The molecule has 0 unspecified atom stereocenters. The molecule has 0 atom stereocenters. The maximum atomic E-state index is 12.3. The van der Waals surface area contributed by atoms with Crippen LogP contribution in [0.25, 0.3) is 11.3 Å². The molecule has 0 spiro atoms. The van der Waals surface area contributed by atoms with E-state index in [4.69, 9.17) is 0 Å². The minimum absolute atomic E-state index is 0.0425. The van der Waals surface area contributed by atoms with E-state index in [1.165, 1.54) is 52.2 Å². The van der Waals surface area contributed by atoms with Gasteiger partial charge in [-0.1, -0.05) is 29.8 Å². The van der Waals surface area contributed by atoms with Crippen molar-refractivity contribution in [2.45, 2.75) is 50.3 Å². The van der Waals surface area contributed by atoms with Crippen LogP contribution in [0, 0.1) is 6.92 Å². The van der Waals surface area contributed by atoms with E-state index in [2.05, 4.69) is 59.7 Å². The molecule has 0 saturated heterocycles. The zero-order valence-electron chi connectivity index (χ0n) is 16.7. The van der Waals surface area contributed by atoms with Crippen molar-refractivity contribution in [3.63, 3.8) is 0 Å². The van der Waals surface area contributed by atoms with Crippen molar-refractivity contribution in [1.29, 1.82) is 0 Å². The Morgan fingerprint density at radius 3 is 2.72 bits per heavy atom. The first kappa shape index (κ1) is 20.2. The Morgan fingerprint density at radius 1 is 1.10 bits per heavy atom. The van der Waals surface area contributed by atoms with E-state index in [9.17, 15) is 4.79 Å². The molecule has 5 heteroatoms. The highest BCUT2D eigenvalue weighted by Crippen LogP contribution is 2.29. The van der Waals surface area contributed by atoms with Crippen LogP contribution in [0.5, 0.6) is 0 Å². The number of aryl methyl sites for hydroxylation is 3. The summed E-state index contributed by atoms with van der Waals surface area (Å²) in [6.45, 7) is 2.09. The Hall–Kier alpha value is -2.11. The van der Waals surface area contributed by atoms with E-state index < -0.39 is 0 Å². The molecule has 3 nitrogen and oxygen atoms in total. The molecule has 1 amide bonds. The molecule has 29 heavy (non-hydrogen) atoms. The lowest BCUT2D eigenvalue weighted by Crippen LogP contribution is -2.11. The number of carbonyl (C=O) groups is 1. The van der Waals surface area contributed by atoms with Crippen molar-refractivity contribution in [2.24, 2.45) is 0 Å². The summed E-state index contributed by atoms with van der Waals surface area (Å²) in [7, 11) is 0. The van der Waals surface area contributed by atoms with E-state index in [0.29, 0.717) is 11.6 Å². The molecule has 0 bridgehead atoms. The third-order valence-corrected chi connectivity index (χ3v) is 7.09. The van der Waals surface area contributed by atoms with Crippen LogP contribution in [0.4, 0.5) is 5.13 Å². The van der Waals surface area contributed by atoms with Gasteiger partial charge in [-0.15, -0.1) is 23.1 Å². The quantitative estimate of drug-likeness (QED) is 0.349. The third kappa shape index (κ3) is 5.49. The molecule has 150 valence electrons. The first-order valence-electron chi connectivity index (χ1n) is 10.2. The molecular formula is C24H26N2OS2. The number of hydrogen-bond acceptors (Lipinski definition) is 4. The Morgan fingerprint density at radius 2 is 1.90 bits per heavy atom. The number of aromatic nitrogens is 1. The zero-order chi connectivity index (χ0) is 20.1. The summed E-state index contributed by atoms with van der Waals surface area (Å²) in [5, 5.41) is 5.68. The molecule has 1 N–H and O–H groups in total. The van der Waals surface area contributed by atoms with Crippen molar-refractivity contribution >= 4 is 34.1 Å². The molecule has 2 aromatic carbocycles. The van der Waals surface area contributed by atoms with Gasteiger partial charge in [0.1, 0.15) is 0 Å². The maximum absolute atomic E-state index is 12.3. The first-order valence-corrected chi connectivity index (χ1v) is 12.1. The number of fused-ring (bicyclic) bond motifs is 1. The van der Waals surface area contributed by atoms with Crippen LogP contribution in [-0.2, 0) is 17.6 Å². The van der Waals surface area contributed by atoms with Gasteiger partial charge in [0.2, 0.25) is 5.91 Å². The minimum atomic E-state index is 0.0425. The number of nitrogens with zero attached hydrogens (tertiary/aromatic N) is 1. The van der Waals surface area contributed by atoms with Crippen molar-refractivity contribution < 1.29 is 4.79 Å². The van der Waals surface area contributed by atoms with Gasteiger partial charge < -0.3 is 5.32 Å². The number of carbonyl (C=O) groups excluding carboxylic acids is 1. The van der Waals surface area contributed by atoms with Crippen LogP contribution < -0.4 is 5.32 Å². The second-order valence-electron chi connectivity index (χ2n) is 7.54. The molecule has 0 aliphatic heterocycles. The Balaban J connectivity index is 1.26. The Kier molecular flexibility index (Phi) is 6.67. The van der Waals surface area contributed by atoms with Gasteiger partial charge in [0, 0.05) is 22.3 Å². The smallest absolute Gasteiger partial charge is 0.226 e. The highest BCUT2D eigenvalue weighted by Gasteiger charge is 2.12. The lowest BCUT2D eigenvalue weighted by atomic mass is 9.90. The summed E-state index contributed by atoms with van der Waals surface area (Å²) in [5.41, 5.74) is 6.31. The first-order chi connectivity index (χ1) is 14.2. The molecule has 0 radical (unpaired) electrons. The van der Waals surface area contributed by atoms with Crippen LogP contribution in [-0.4, -0.2) is 16.6 Å². The van der Waals surface area contributed by atoms with Gasteiger partial charge in [0.25, 0.3) is 0 Å². The largest absolute Gasteiger partial charge is 0.302 e. The predicted molar refractivity (Wildman–Crippen MR) is 124 cm³/mol. The van der Waals surface area contributed by atoms with E-state index in [1.54, 1.807) is 11.8 Å². The number of nitrogens with one attached hydrogen (secondary N) is 1. The van der Waals surface area contributed by atoms with Gasteiger partial charge >= 0.3 is 0 Å². The molecule has 0 fully saturated rings. The molecule has 0 saturated carbocycles. The second-order valence-corrected chi connectivity index (χ2v) is 9.57. The van der Waals surface area contributed by atoms with Gasteiger partial charge in [-0.2, -0.15) is 0 Å². The molecular weight excluding hydrogens is 396 g/mol. The van der Waals surface area contributed by atoms with Crippen molar-refractivity contribution in [1.82, 2.24) is 4.98 Å². The molecule has 1 aliphatic rings. The Bertz CT molecular complexity index is 979. The number of benzene rings is 2. The highest BCUT2D eigenvalue weighted by atomic mass is 32.2. The molecule has 3 aromatic rings. The maximum Gasteiger partial charge on any atom is 0.226 e. The lowest BCUT2D eigenvalue weighted by molar-refractivity contribution is -0.116. The van der Waals surface area contributed by atoms with Crippen LogP contribution in [0.2, 0.25) is 0 Å². The van der Waals surface area contributed by atoms with Crippen LogP contribution in [0.1, 0.15) is 42.4 Å². The summed E-state index contributed by atoms with van der Waals surface area (Å²) in [5.74, 6) is 0.982. The van der Waals surface area contributed by atoms with Gasteiger partial charge in [-0.3, -0.25) is 4.79 Å².